The first-order valence-electron chi connectivity index (χ1n) is 6.87. The van der Waals surface area contributed by atoms with Gasteiger partial charge < -0.3 is 14.7 Å². The number of ether oxygens (including phenoxy) is 1. The predicted molar refractivity (Wildman–Crippen MR) is 72.7 cm³/mol. The number of hydrogen-bond acceptors (Lipinski definition) is 3. The van der Waals surface area contributed by atoms with Crippen LogP contribution in [0.5, 0.6) is 0 Å². The summed E-state index contributed by atoms with van der Waals surface area (Å²) >= 11 is 0. The second-order valence-electron chi connectivity index (χ2n) is 4.78. The zero-order chi connectivity index (χ0) is 12.8. The summed E-state index contributed by atoms with van der Waals surface area (Å²) in [7, 11) is 0. The lowest BCUT2D eigenvalue weighted by Gasteiger charge is -2.31. The second-order valence-corrected chi connectivity index (χ2v) is 4.78. The average Bonchev–Trinajstić information content (AvgIpc) is 2.43. The lowest BCUT2D eigenvalue weighted by Crippen LogP contribution is -2.33. The van der Waals surface area contributed by atoms with Crippen LogP contribution in [0.25, 0.3) is 0 Å². The Kier molecular flexibility index (Phi) is 5.17. The highest BCUT2D eigenvalue weighted by atomic mass is 16.5. The van der Waals surface area contributed by atoms with Crippen LogP contribution in [0.3, 0.4) is 0 Å². The van der Waals surface area contributed by atoms with Crippen LogP contribution in [-0.4, -0.2) is 42.9 Å². The number of fused-ring (bicyclic) bond motifs is 1. The van der Waals surface area contributed by atoms with Crippen molar-refractivity contribution in [3.8, 4) is 0 Å². The van der Waals surface area contributed by atoms with Gasteiger partial charge in [0.05, 0.1) is 12.7 Å². The zero-order valence-electron chi connectivity index (χ0n) is 11.1. The van der Waals surface area contributed by atoms with Crippen molar-refractivity contribution >= 4 is 0 Å². The van der Waals surface area contributed by atoms with Crippen LogP contribution in [-0.2, 0) is 11.2 Å². The Labute approximate surface area is 109 Å². The molecule has 0 amide bonds. The molecule has 0 bridgehead atoms. The van der Waals surface area contributed by atoms with E-state index in [2.05, 4.69) is 36.1 Å². The minimum atomic E-state index is 0.189. The van der Waals surface area contributed by atoms with Crippen LogP contribution in [0.2, 0.25) is 0 Å². The number of aliphatic hydroxyl groups is 1. The van der Waals surface area contributed by atoms with E-state index in [1.54, 1.807) is 0 Å². The average molecular weight is 249 g/mol. The van der Waals surface area contributed by atoms with Gasteiger partial charge in [-0.2, -0.15) is 0 Å². The minimum absolute atomic E-state index is 0.189. The number of benzene rings is 1. The highest BCUT2D eigenvalue weighted by Gasteiger charge is 2.22. The van der Waals surface area contributed by atoms with Gasteiger partial charge in [0, 0.05) is 19.7 Å². The van der Waals surface area contributed by atoms with Gasteiger partial charge in [-0.15, -0.1) is 0 Å². The van der Waals surface area contributed by atoms with Crippen LogP contribution in [0, 0.1) is 0 Å². The highest BCUT2D eigenvalue weighted by molar-refractivity contribution is 5.31. The fourth-order valence-electron chi connectivity index (χ4n) is 2.54. The van der Waals surface area contributed by atoms with Crippen LogP contribution < -0.4 is 0 Å². The molecule has 1 aliphatic rings. The Morgan fingerprint density at radius 3 is 3.00 bits per heavy atom. The molecule has 0 aliphatic carbocycles. The molecule has 1 atom stereocenters. The third-order valence-corrected chi connectivity index (χ3v) is 3.60. The summed E-state index contributed by atoms with van der Waals surface area (Å²) < 4.78 is 5.91. The van der Waals surface area contributed by atoms with Crippen molar-refractivity contribution in [1.82, 2.24) is 4.90 Å². The molecule has 3 heteroatoms. The number of rotatable bonds is 6. The molecule has 0 saturated heterocycles. The van der Waals surface area contributed by atoms with E-state index in [0.717, 1.165) is 39.1 Å². The lowest BCUT2D eigenvalue weighted by molar-refractivity contribution is 0.0159. The van der Waals surface area contributed by atoms with E-state index >= 15 is 0 Å². The van der Waals surface area contributed by atoms with Gasteiger partial charge in [0.25, 0.3) is 0 Å². The molecule has 1 N–H and O–H groups in total. The van der Waals surface area contributed by atoms with E-state index in [4.69, 9.17) is 9.84 Å². The predicted octanol–water partition coefficient (Wildman–Crippen LogP) is 2.00. The fourth-order valence-corrected chi connectivity index (χ4v) is 2.54. The smallest absolute Gasteiger partial charge is 0.0954 e. The first-order chi connectivity index (χ1) is 8.85. The zero-order valence-corrected chi connectivity index (χ0v) is 11.1. The van der Waals surface area contributed by atoms with Gasteiger partial charge in [-0.25, -0.2) is 0 Å². The first-order valence-corrected chi connectivity index (χ1v) is 6.87. The maximum Gasteiger partial charge on any atom is 0.0954 e. The largest absolute Gasteiger partial charge is 0.396 e. The van der Waals surface area contributed by atoms with E-state index in [-0.39, 0.29) is 12.7 Å². The van der Waals surface area contributed by atoms with Crippen molar-refractivity contribution < 1.29 is 9.84 Å². The topological polar surface area (TPSA) is 32.7 Å². The van der Waals surface area contributed by atoms with Crippen LogP contribution in [0.15, 0.2) is 24.3 Å². The molecule has 100 valence electrons. The van der Waals surface area contributed by atoms with Crippen molar-refractivity contribution in [2.24, 2.45) is 0 Å². The molecule has 1 aromatic rings. The maximum atomic E-state index is 8.92. The molecule has 1 unspecified atom stereocenters. The summed E-state index contributed by atoms with van der Waals surface area (Å²) in [5.74, 6) is 0. The Hall–Kier alpha value is -0.900. The van der Waals surface area contributed by atoms with Crippen molar-refractivity contribution in [1.29, 1.82) is 0 Å². The summed E-state index contributed by atoms with van der Waals surface area (Å²) in [5, 5.41) is 8.92. The van der Waals surface area contributed by atoms with Gasteiger partial charge in [-0.05, 0) is 30.5 Å². The summed E-state index contributed by atoms with van der Waals surface area (Å²) in [5.41, 5.74) is 2.76. The number of hydrogen-bond donors (Lipinski definition) is 1. The molecule has 0 spiro atoms. The SMILES string of the molecule is CCN(CCCO)CC1OCCc2ccccc21. The fraction of sp³-hybridized carbons (Fsp3) is 0.600. The van der Waals surface area contributed by atoms with Crippen LogP contribution >= 0.6 is 0 Å². The Morgan fingerprint density at radius 1 is 1.39 bits per heavy atom. The Balaban J connectivity index is 2.01. The first kappa shape index (κ1) is 13.5. The molecule has 0 saturated carbocycles. The van der Waals surface area contributed by atoms with Crippen molar-refractivity contribution in [3.63, 3.8) is 0 Å². The summed E-state index contributed by atoms with van der Waals surface area (Å²) in [6.07, 6.45) is 2.05. The number of nitrogens with zero attached hydrogens (tertiary/aromatic N) is 1. The van der Waals surface area contributed by atoms with Gasteiger partial charge in [0.2, 0.25) is 0 Å². The standard InChI is InChI=1S/C15H23NO2/c1-2-16(9-5-10-17)12-15-14-7-4-3-6-13(14)8-11-18-15/h3-4,6-7,15,17H,2,5,8-12H2,1H3. The number of likely N-dealkylation sites (N-methyl/N-ethyl adjacent to an activating group) is 1. The summed E-state index contributed by atoms with van der Waals surface area (Å²) in [6, 6.07) is 8.57. The molecule has 0 aromatic heterocycles. The van der Waals surface area contributed by atoms with Crippen molar-refractivity contribution in [3.05, 3.63) is 35.4 Å². The van der Waals surface area contributed by atoms with E-state index in [9.17, 15) is 0 Å². The van der Waals surface area contributed by atoms with Crippen LogP contribution in [0.1, 0.15) is 30.6 Å². The van der Waals surface area contributed by atoms with Gasteiger partial charge in [-0.3, -0.25) is 0 Å². The van der Waals surface area contributed by atoms with Crippen LogP contribution in [0.4, 0.5) is 0 Å². The van der Waals surface area contributed by atoms with Gasteiger partial charge in [0.1, 0.15) is 0 Å². The Bertz CT molecular complexity index is 367. The van der Waals surface area contributed by atoms with Gasteiger partial charge in [-0.1, -0.05) is 31.2 Å². The van der Waals surface area contributed by atoms with Gasteiger partial charge >= 0.3 is 0 Å². The minimum Gasteiger partial charge on any atom is -0.396 e. The summed E-state index contributed by atoms with van der Waals surface area (Å²) in [6.45, 7) is 6.11. The highest BCUT2D eigenvalue weighted by Crippen LogP contribution is 2.27. The maximum absolute atomic E-state index is 8.92. The third kappa shape index (κ3) is 3.31. The van der Waals surface area contributed by atoms with Crippen molar-refractivity contribution in [2.75, 3.05) is 32.8 Å². The molecular weight excluding hydrogens is 226 g/mol. The second kappa shape index (κ2) is 6.88. The molecular formula is C15H23NO2. The Morgan fingerprint density at radius 2 is 2.22 bits per heavy atom. The van der Waals surface area contributed by atoms with E-state index in [1.165, 1.54) is 11.1 Å². The molecule has 2 rings (SSSR count). The monoisotopic (exact) mass is 249 g/mol. The molecule has 1 aromatic carbocycles. The molecule has 1 aliphatic heterocycles. The van der Waals surface area contributed by atoms with E-state index in [0.29, 0.717) is 0 Å². The molecule has 0 fully saturated rings. The quantitative estimate of drug-likeness (QED) is 0.837. The van der Waals surface area contributed by atoms with E-state index < -0.39 is 0 Å². The van der Waals surface area contributed by atoms with Gasteiger partial charge in [0.15, 0.2) is 0 Å². The third-order valence-electron chi connectivity index (χ3n) is 3.60. The summed E-state index contributed by atoms with van der Waals surface area (Å²) in [4.78, 5) is 2.35. The van der Waals surface area contributed by atoms with Crippen molar-refractivity contribution in [2.45, 2.75) is 25.9 Å². The molecule has 3 nitrogen and oxygen atoms in total. The lowest BCUT2D eigenvalue weighted by atomic mass is 9.97. The van der Waals surface area contributed by atoms with E-state index in [1.807, 2.05) is 0 Å². The number of aliphatic hydroxyl groups excluding tert-OH is 1. The molecule has 18 heavy (non-hydrogen) atoms. The normalized spacial score (nSPS) is 18.9. The molecule has 0 radical (unpaired) electrons. The molecule has 1 heterocycles.